The fourth-order valence-electron chi connectivity index (χ4n) is 0.766. The van der Waals surface area contributed by atoms with Crippen molar-refractivity contribution in [3.05, 3.63) is 18.5 Å². The summed E-state index contributed by atoms with van der Waals surface area (Å²) in [5.74, 6) is -0.594. The molecule has 0 spiro atoms. The van der Waals surface area contributed by atoms with Crippen molar-refractivity contribution in [3.63, 3.8) is 0 Å². The number of alkyl halides is 3. The highest BCUT2D eigenvalue weighted by molar-refractivity contribution is 6.58. The van der Waals surface area contributed by atoms with Crippen LogP contribution in [0.5, 0.6) is 5.75 Å². The molecule has 1 heterocycles. The zero-order valence-electron chi connectivity index (χ0n) is 6.69. The third-order valence-corrected chi connectivity index (χ3v) is 1.27. The Morgan fingerprint density at radius 3 is 2.43 bits per heavy atom. The second kappa shape index (κ2) is 3.85. The molecule has 0 bridgehead atoms. The Labute approximate surface area is 77.1 Å². The Morgan fingerprint density at radius 2 is 1.93 bits per heavy atom. The van der Waals surface area contributed by atoms with E-state index < -0.39 is 19.2 Å². The zero-order valence-corrected chi connectivity index (χ0v) is 6.69. The molecular formula is C6H5BF3NO3. The lowest BCUT2D eigenvalue weighted by molar-refractivity contribution is -0.274. The van der Waals surface area contributed by atoms with Crippen LogP contribution in [0.2, 0.25) is 0 Å². The largest absolute Gasteiger partial charge is 0.573 e. The summed E-state index contributed by atoms with van der Waals surface area (Å²) in [7, 11) is -1.88. The molecule has 0 amide bonds. The Morgan fingerprint density at radius 1 is 1.29 bits per heavy atom. The summed E-state index contributed by atoms with van der Waals surface area (Å²) in [6.45, 7) is 0. The minimum absolute atomic E-state index is 0.174. The van der Waals surface area contributed by atoms with Crippen LogP contribution < -0.4 is 10.2 Å². The molecule has 0 aromatic carbocycles. The van der Waals surface area contributed by atoms with E-state index in [2.05, 4.69) is 9.72 Å². The van der Waals surface area contributed by atoms with E-state index in [1.54, 1.807) is 0 Å². The summed E-state index contributed by atoms with van der Waals surface area (Å²) in [5, 5.41) is 17.3. The lowest BCUT2D eigenvalue weighted by atomic mass is 9.82. The first-order chi connectivity index (χ1) is 6.38. The highest BCUT2D eigenvalue weighted by atomic mass is 19.4. The maximum Gasteiger partial charge on any atom is 0.573 e. The van der Waals surface area contributed by atoms with E-state index in [9.17, 15) is 13.2 Å². The van der Waals surface area contributed by atoms with E-state index in [1.165, 1.54) is 0 Å². The molecule has 0 radical (unpaired) electrons. The number of ether oxygens (including phenoxy) is 1. The van der Waals surface area contributed by atoms with Gasteiger partial charge in [-0.2, -0.15) is 0 Å². The van der Waals surface area contributed by atoms with Gasteiger partial charge in [0.05, 0.1) is 6.20 Å². The fourth-order valence-corrected chi connectivity index (χ4v) is 0.766. The fraction of sp³-hybridized carbons (Fsp3) is 0.167. The summed E-state index contributed by atoms with van der Waals surface area (Å²) in [4.78, 5) is 3.35. The first-order valence-electron chi connectivity index (χ1n) is 3.45. The van der Waals surface area contributed by atoms with Gasteiger partial charge in [0.15, 0.2) is 0 Å². The van der Waals surface area contributed by atoms with Crippen LogP contribution in [-0.2, 0) is 0 Å². The maximum atomic E-state index is 11.7. The molecule has 1 aromatic rings. The molecule has 0 saturated carbocycles. The van der Waals surface area contributed by atoms with Crippen LogP contribution in [0.1, 0.15) is 0 Å². The molecule has 0 unspecified atom stereocenters. The number of rotatable bonds is 2. The van der Waals surface area contributed by atoms with Crippen molar-refractivity contribution in [1.29, 1.82) is 0 Å². The van der Waals surface area contributed by atoms with Gasteiger partial charge < -0.3 is 14.8 Å². The first kappa shape index (κ1) is 10.8. The monoisotopic (exact) mass is 207 g/mol. The van der Waals surface area contributed by atoms with Gasteiger partial charge in [-0.3, -0.25) is 4.98 Å². The summed E-state index contributed by atoms with van der Waals surface area (Å²) < 4.78 is 38.6. The third-order valence-electron chi connectivity index (χ3n) is 1.27. The molecule has 0 aliphatic carbocycles. The molecular weight excluding hydrogens is 202 g/mol. The molecule has 1 rings (SSSR count). The number of pyridine rings is 1. The predicted octanol–water partition coefficient (Wildman–Crippen LogP) is -0.340. The van der Waals surface area contributed by atoms with Crippen molar-refractivity contribution < 1.29 is 28.0 Å². The summed E-state index contributed by atoms with van der Waals surface area (Å²) >= 11 is 0. The number of hydrogen-bond donors (Lipinski definition) is 2. The van der Waals surface area contributed by atoms with Gasteiger partial charge >= 0.3 is 13.5 Å². The van der Waals surface area contributed by atoms with Gasteiger partial charge in [0, 0.05) is 11.7 Å². The standard InChI is InChI=1S/C6H5BF3NO3/c8-6(9,10)14-5-1-4(7(12)13)2-11-3-5/h1-3,12-13H. The van der Waals surface area contributed by atoms with Crippen LogP contribution in [0.15, 0.2) is 18.5 Å². The molecule has 0 fully saturated rings. The van der Waals surface area contributed by atoms with E-state index in [1.807, 2.05) is 0 Å². The maximum absolute atomic E-state index is 11.7. The molecule has 2 N–H and O–H groups in total. The van der Waals surface area contributed by atoms with E-state index in [-0.39, 0.29) is 5.46 Å². The van der Waals surface area contributed by atoms with Crippen molar-refractivity contribution in [2.45, 2.75) is 6.36 Å². The SMILES string of the molecule is OB(O)c1cncc(OC(F)(F)F)c1. The van der Waals surface area contributed by atoms with Gasteiger partial charge in [0.2, 0.25) is 0 Å². The van der Waals surface area contributed by atoms with Gasteiger partial charge in [0.25, 0.3) is 0 Å². The van der Waals surface area contributed by atoms with E-state index >= 15 is 0 Å². The minimum Gasteiger partial charge on any atom is -0.423 e. The number of nitrogens with zero attached hydrogens (tertiary/aromatic N) is 1. The van der Waals surface area contributed by atoms with Crippen molar-refractivity contribution in [2.75, 3.05) is 0 Å². The average Bonchev–Trinajstić information content (AvgIpc) is 2.01. The summed E-state index contributed by atoms with van der Waals surface area (Å²) in [6, 6.07) is 0.838. The van der Waals surface area contributed by atoms with Gasteiger partial charge in [0.1, 0.15) is 5.75 Å². The number of halogens is 3. The lowest BCUT2D eigenvalue weighted by Gasteiger charge is -2.08. The van der Waals surface area contributed by atoms with Crippen LogP contribution >= 0.6 is 0 Å². The molecule has 76 valence electrons. The summed E-state index contributed by atoms with van der Waals surface area (Å²) in [5.41, 5.74) is -0.174. The van der Waals surface area contributed by atoms with E-state index in [4.69, 9.17) is 10.0 Å². The molecule has 8 heteroatoms. The summed E-state index contributed by atoms with van der Waals surface area (Å²) in [6.07, 6.45) is -2.98. The molecule has 4 nitrogen and oxygen atoms in total. The molecule has 0 aliphatic heterocycles. The van der Waals surface area contributed by atoms with Crippen LogP contribution in [0.25, 0.3) is 0 Å². The Kier molecular flexibility index (Phi) is 2.97. The average molecular weight is 207 g/mol. The topological polar surface area (TPSA) is 62.6 Å². The van der Waals surface area contributed by atoms with Gasteiger partial charge in [-0.1, -0.05) is 0 Å². The van der Waals surface area contributed by atoms with Crippen LogP contribution in [0, 0.1) is 0 Å². The van der Waals surface area contributed by atoms with Crippen LogP contribution in [-0.4, -0.2) is 28.5 Å². The van der Waals surface area contributed by atoms with Crippen molar-refractivity contribution >= 4 is 12.6 Å². The first-order valence-corrected chi connectivity index (χ1v) is 3.45. The molecule has 1 aromatic heterocycles. The van der Waals surface area contributed by atoms with Gasteiger partial charge in [-0.25, -0.2) is 0 Å². The molecule has 0 aliphatic rings. The van der Waals surface area contributed by atoms with E-state index in [0.717, 1.165) is 18.5 Å². The van der Waals surface area contributed by atoms with Crippen molar-refractivity contribution in [2.24, 2.45) is 0 Å². The van der Waals surface area contributed by atoms with Gasteiger partial charge in [-0.15, -0.1) is 13.2 Å². The second-order valence-corrected chi connectivity index (χ2v) is 2.38. The number of hydrogen-bond acceptors (Lipinski definition) is 4. The minimum atomic E-state index is -4.82. The Bertz CT molecular complexity index is 317. The number of aromatic nitrogens is 1. The molecule has 0 atom stereocenters. The normalized spacial score (nSPS) is 11.2. The quantitative estimate of drug-likeness (QED) is 0.651. The van der Waals surface area contributed by atoms with Crippen molar-refractivity contribution in [1.82, 2.24) is 4.98 Å². The second-order valence-electron chi connectivity index (χ2n) is 2.38. The highest BCUT2D eigenvalue weighted by Crippen LogP contribution is 2.20. The molecule has 14 heavy (non-hydrogen) atoms. The third kappa shape index (κ3) is 3.23. The zero-order chi connectivity index (χ0) is 10.8. The Balaban J connectivity index is 2.84. The predicted molar refractivity (Wildman–Crippen MR) is 40.7 cm³/mol. The van der Waals surface area contributed by atoms with Crippen LogP contribution in [0.3, 0.4) is 0 Å². The van der Waals surface area contributed by atoms with Crippen LogP contribution in [0.4, 0.5) is 13.2 Å². The van der Waals surface area contributed by atoms with Crippen molar-refractivity contribution in [3.8, 4) is 5.75 Å². The lowest BCUT2D eigenvalue weighted by Crippen LogP contribution is -2.30. The smallest absolute Gasteiger partial charge is 0.423 e. The highest BCUT2D eigenvalue weighted by Gasteiger charge is 2.31. The van der Waals surface area contributed by atoms with Gasteiger partial charge in [-0.05, 0) is 6.07 Å². The molecule has 0 saturated heterocycles. The van der Waals surface area contributed by atoms with E-state index in [0.29, 0.717) is 0 Å². The Hall–Kier alpha value is -1.28.